The van der Waals surface area contributed by atoms with Crippen molar-refractivity contribution in [3.63, 3.8) is 0 Å². The van der Waals surface area contributed by atoms with Crippen molar-refractivity contribution in [3.05, 3.63) is 0 Å². The molecule has 0 aliphatic heterocycles. The molecule has 2 N–H and O–H groups in total. The minimum Gasteiger partial charge on any atom is -0.383 e. The second-order valence-electron chi connectivity index (χ2n) is 5.59. The van der Waals surface area contributed by atoms with Crippen LogP contribution in [0.2, 0.25) is 0 Å². The van der Waals surface area contributed by atoms with Gasteiger partial charge in [-0.1, -0.05) is 0 Å². The van der Waals surface area contributed by atoms with Gasteiger partial charge in [0.05, 0.1) is 6.61 Å². The molecular formula is C14H29IN4O. The van der Waals surface area contributed by atoms with Crippen molar-refractivity contribution in [3.8, 4) is 0 Å². The van der Waals surface area contributed by atoms with Gasteiger partial charge in [-0.3, -0.25) is 9.89 Å². The second kappa shape index (κ2) is 9.78. The smallest absolute Gasteiger partial charge is 0.191 e. The number of halogens is 1. The number of rotatable bonds is 9. The summed E-state index contributed by atoms with van der Waals surface area (Å²) in [4.78, 5) is 6.87. The van der Waals surface area contributed by atoms with E-state index in [4.69, 9.17) is 4.74 Å². The van der Waals surface area contributed by atoms with Gasteiger partial charge < -0.3 is 15.4 Å². The first-order valence-corrected chi connectivity index (χ1v) is 7.51. The fourth-order valence-corrected chi connectivity index (χ4v) is 2.30. The molecule has 0 bridgehead atoms. The third kappa shape index (κ3) is 7.08. The molecule has 2 saturated carbocycles. The highest BCUT2D eigenvalue weighted by Gasteiger charge is 2.33. The molecule has 0 radical (unpaired) electrons. The SMILES string of the molecule is CN=C(NCCOC)NCCN(CC1CC1)C1CC1.I. The minimum atomic E-state index is 0. The van der Waals surface area contributed by atoms with Crippen LogP contribution in [0.15, 0.2) is 4.99 Å². The number of methoxy groups -OCH3 is 1. The molecule has 0 aromatic carbocycles. The fourth-order valence-electron chi connectivity index (χ4n) is 2.30. The lowest BCUT2D eigenvalue weighted by Crippen LogP contribution is -2.43. The zero-order valence-corrected chi connectivity index (χ0v) is 15.1. The van der Waals surface area contributed by atoms with Crippen LogP contribution in [0.5, 0.6) is 0 Å². The van der Waals surface area contributed by atoms with Crippen LogP contribution >= 0.6 is 24.0 Å². The normalized spacial score (nSPS) is 18.9. The van der Waals surface area contributed by atoms with Gasteiger partial charge in [0, 0.05) is 46.4 Å². The first-order chi connectivity index (χ1) is 9.33. The Kier molecular flexibility index (Phi) is 8.79. The summed E-state index contributed by atoms with van der Waals surface area (Å²) in [6.45, 7) is 4.91. The van der Waals surface area contributed by atoms with E-state index in [0.29, 0.717) is 6.61 Å². The summed E-state index contributed by atoms with van der Waals surface area (Å²) in [5, 5.41) is 6.61. The molecule has 0 saturated heterocycles. The summed E-state index contributed by atoms with van der Waals surface area (Å²) in [7, 11) is 3.52. The Morgan fingerprint density at radius 3 is 2.45 bits per heavy atom. The Hall–Kier alpha value is -0.0800. The van der Waals surface area contributed by atoms with E-state index in [1.54, 1.807) is 7.11 Å². The second-order valence-corrected chi connectivity index (χ2v) is 5.59. The molecule has 0 unspecified atom stereocenters. The van der Waals surface area contributed by atoms with Crippen LogP contribution in [0.1, 0.15) is 25.7 Å². The molecule has 0 amide bonds. The minimum absolute atomic E-state index is 0. The number of nitrogens with one attached hydrogen (secondary N) is 2. The van der Waals surface area contributed by atoms with Crippen LogP contribution in [0.4, 0.5) is 0 Å². The molecule has 0 aromatic rings. The molecular weight excluding hydrogens is 367 g/mol. The number of aliphatic imine (C=N–C) groups is 1. The first-order valence-electron chi connectivity index (χ1n) is 7.51. The molecule has 2 aliphatic carbocycles. The van der Waals surface area contributed by atoms with Gasteiger partial charge in [0.25, 0.3) is 0 Å². The summed E-state index contributed by atoms with van der Waals surface area (Å²) in [5.74, 6) is 1.86. The molecule has 5 nitrogen and oxygen atoms in total. The summed E-state index contributed by atoms with van der Waals surface area (Å²) in [6, 6.07) is 0.867. The lowest BCUT2D eigenvalue weighted by atomic mass is 10.3. The molecule has 0 atom stereocenters. The molecule has 2 rings (SSSR count). The van der Waals surface area contributed by atoms with Gasteiger partial charge in [0.15, 0.2) is 5.96 Å². The summed E-state index contributed by atoms with van der Waals surface area (Å²) in [5.41, 5.74) is 0. The van der Waals surface area contributed by atoms with E-state index in [9.17, 15) is 0 Å². The highest BCUT2D eigenvalue weighted by Crippen LogP contribution is 2.34. The van der Waals surface area contributed by atoms with Crippen molar-refractivity contribution < 1.29 is 4.74 Å². The monoisotopic (exact) mass is 396 g/mol. The molecule has 0 spiro atoms. The van der Waals surface area contributed by atoms with Crippen molar-refractivity contribution in [1.29, 1.82) is 0 Å². The van der Waals surface area contributed by atoms with Crippen LogP contribution in [0, 0.1) is 5.92 Å². The largest absolute Gasteiger partial charge is 0.383 e. The average molecular weight is 396 g/mol. The summed E-state index contributed by atoms with van der Waals surface area (Å²) < 4.78 is 5.02. The van der Waals surface area contributed by atoms with Crippen molar-refractivity contribution in [2.45, 2.75) is 31.7 Å². The summed E-state index contributed by atoms with van der Waals surface area (Å²) >= 11 is 0. The van der Waals surface area contributed by atoms with Crippen molar-refractivity contribution in [2.24, 2.45) is 10.9 Å². The maximum Gasteiger partial charge on any atom is 0.191 e. The van der Waals surface area contributed by atoms with Crippen molar-refractivity contribution in [1.82, 2.24) is 15.5 Å². The number of guanidine groups is 1. The van der Waals surface area contributed by atoms with E-state index < -0.39 is 0 Å². The number of hydrogen-bond acceptors (Lipinski definition) is 3. The van der Waals surface area contributed by atoms with Crippen LogP contribution < -0.4 is 10.6 Å². The topological polar surface area (TPSA) is 48.9 Å². The van der Waals surface area contributed by atoms with Crippen molar-refractivity contribution in [2.75, 3.05) is 46.9 Å². The van der Waals surface area contributed by atoms with Gasteiger partial charge in [0.1, 0.15) is 0 Å². The molecule has 6 heteroatoms. The lowest BCUT2D eigenvalue weighted by molar-refractivity contribution is 0.203. The summed E-state index contributed by atoms with van der Waals surface area (Å²) in [6.07, 6.45) is 5.68. The van der Waals surface area contributed by atoms with E-state index in [1.807, 2.05) is 7.05 Å². The Morgan fingerprint density at radius 1 is 1.20 bits per heavy atom. The maximum atomic E-state index is 5.02. The predicted octanol–water partition coefficient (Wildman–Crippen LogP) is 1.29. The zero-order valence-electron chi connectivity index (χ0n) is 12.7. The van der Waals surface area contributed by atoms with Gasteiger partial charge in [0.2, 0.25) is 0 Å². The number of ether oxygens (including phenoxy) is 1. The molecule has 0 heterocycles. The Labute approximate surface area is 139 Å². The number of hydrogen-bond donors (Lipinski definition) is 2. The Bertz CT molecular complexity index is 293. The molecule has 0 aromatic heterocycles. The fraction of sp³-hybridized carbons (Fsp3) is 0.929. The van der Waals surface area contributed by atoms with Gasteiger partial charge >= 0.3 is 0 Å². The van der Waals surface area contributed by atoms with Crippen LogP contribution in [-0.2, 0) is 4.74 Å². The van der Waals surface area contributed by atoms with E-state index in [-0.39, 0.29) is 24.0 Å². The van der Waals surface area contributed by atoms with Crippen LogP contribution in [0.25, 0.3) is 0 Å². The molecule has 2 aliphatic rings. The third-order valence-electron chi connectivity index (χ3n) is 3.77. The van der Waals surface area contributed by atoms with E-state index in [1.165, 1.54) is 32.2 Å². The molecule has 20 heavy (non-hydrogen) atoms. The number of nitrogens with zero attached hydrogens (tertiary/aromatic N) is 2. The van der Waals surface area contributed by atoms with E-state index in [0.717, 1.165) is 37.6 Å². The average Bonchev–Trinajstić information content (AvgIpc) is 3.28. The standard InChI is InChI=1S/C14H28N4O.HI/c1-15-14(17-8-10-19-2)16-7-9-18(13-5-6-13)11-12-3-4-12;/h12-13H,3-11H2,1-2H3,(H2,15,16,17);1H. The quantitative estimate of drug-likeness (QED) is 0.267. The maximum absolute atomic E-state index is 5.02. The van der Waals surface area contributed by atoms with E-state index in [2.05, 4.69) is 20.5 Å². The highest BCUT2D eigenvalue weighted by atomic mass is 127. The molecule has 118 valence electrons. The third-order valence-corrected chi connectivity index (χ3v) is 3.77. The van der Waals surface area contributed by atoms with Gasteiger partial charge in [-0.25, -0.2) is 0 Å². The lowest BCUT2D eigenvalue weighted by Gasteiger charge is -2.22. The predicted molar refractivity (Wildman–Crippen MR) is 94.0 cm³/mol. The Balaban J connectivity index is 0.00000200. The highest BCUT2D eigenvalue weighted by molar-refractivity contribution is 14.0. The van der Waals surface area contributed by atoms with Crippen LogP contribution in [0.3, 0.4) is 0 Å². The van der Waals surface area contributed by atoms with E-state index >= 15 is 0 Å². The Morgan fingerprint density at radius 2 is 1.90 bits per heavy atom. The zero-order chi connectivity index (χ0) is 13.5. The van der Waals surface area contributed by atoms with Gasteiger partial charge in [-0.2, -0.15) is 0 Å². The molecule has 2 fully saturated rings. The van der Waals surface area contributed by atoms with Gasteiger partial charge in [-0.05, 0) is 31.6 Å². The van der Waals surface area contributed by atoms with Crippen LogP contribution in [-0.4, -0.2) is 63.8 Å². The first kappa shape index (κ1) is 18.0. The van der Waals surface area contributed by atoms with Crippen molar-refractivity contribution >= 4 is 29.9 Å². The van der Waals surface area contributed by atoms with Gasteiger partial charge in [-0.15, -0.1) is 24.0 Å².